The molecule has 7 nitrogen and oxygen atoms in total. The van der Waals surface area contributed by atoms with E-state index in [0.717, 1.165) is 5.56 Å². The lowest BCUT2D eigenvalue weighted by Crippen LogP contribution is -2.17. The Hall–Kier alpha value is -3.29. The molecule has 1 aromatic heterocycles. The van der Waals surface area contributed by atoms with E-state index in [0.29, 0.717) is 29.5 Å². The molecule has 0 atom stereocenters. The molecule has 0 fully saturated rings. The van der Waals surface area contributed by atoms with E-state index in [9.17, 15) is 4.39 Å². The molecule has 2 aromatic rings. The summed E-state index contributed by atoms with van der Waals surface area (Å²) in [6.45, 7) is 0.208. The van der Waals surface area contributed by atoms with Crippen LogP contribution in [0.3, 0.4) is 0 Å². The fourth-order valence-electron chi connectivity index (χ4n) is 2.12. The third-order valence-electron chi connectivity index (χ3n) is 3.40. The highest BCUT2D eigenvalue weighted by molar-refractivity contribution is 5.96. The molecular formula is C17H18FN5O2. The fourth-order valence-corrected chi connectivity index (χ4v) is 2.12. The lowest BCUT2D eigenvalue weighted by Gasteiger charge is -2.09. The molecular weight excluding hydrogens is 325 g/mol. The van der Waals surface area contributed by atoms with Crippen LogP contribution in [-0.2, 0) is 15.9 Å². The van der Waals surface area contributed by atoms with Crippen molar-refractivity contribution >= 4 is 18.3 Å². The number of nitrogens with one attached hydrogen (secondary N) is 2. The van der Waals surface area contributed by atoms with Crippen LogP contribution in [0, 0.1) is 16.6 Å². The average Bonchev–Trinajstić information content (AvgIpc) is 2.63. The first-order valence-electron chi connectivity index (χ1n) is 7.38. The van der Waals surface area contributed by atoms with Crippen molar-refractivity contribution < 1.29 is 13.9 Å². The summed E-state index contributed by atoms with van der Waals surface area (Å²) in [5.41, 5.74) is 7.78. The summed E-state index contributed by atoms with van der Waals surface area (Å²) in [5, 5.41) is 14.6. The van der Waals surface area contributed by atoms with Gasteiger partial charge in [0, 0.05) is 31.4 Å². The summed E-state index contributed by atoms with van der Waals surface area (Å²) in [7, 11) is 1.51. The molecule has 25 heavy (non-hydrogen) atoms. The molecule has 130 valence electrons. The van der Waals surface area contributed by atoms with Gasteiger partial charge >= 0.3 is 0 Å². The highest BCUT2D eigenvalue weighted by atomic mass is 19.1. The van der Waals surface area contributed by atoms with Gasteiger partial charge < -0.3 is 15.2 Å². The Morgan fingerprint density at radius 1 is 1.32 bits per heavy atom. The van der Waals surface area contributed by atoms with Crippen LogP contribution in [0.15, 0.2) is 41.7 Å². The summed E-state index contributed by atoms with van der Waals surface area (Å²) in [4.78, 5) is 7.74. The van der Waals surface area contributed by atoms with E-state index < -0.39 is 0 Å². The second-order valence-corrected chi connectivity index (χ2v) is 4.99. The number of aliphatic imine (C=N–C) groups is 1. The van der Waals surface area contributed by atoms with Crippen LogP contribution in [0.25, 0.3) is 11.1 Å². The lowest BCUT2D eigenvalue weighted by molar-refractivity contribution is 0.301. The lowest BCUT2D eigenvalue weighted by atomic mass is 10.0. The van der Waals surface area contributed by atoms with Gasteiger partial charge in [-0.15, -0.1) is 0 Å². The van der Waals surface area contributed by atoms with E-state index in [1.807, 2.05) is 0 Å². The van der Waals surface area contributed by atoms with Gasteiger partial charge in [0.2, 0.25) is 5.90 Å². The third-order valence-corrected chi connectivity index (χ3v) is 3.40. The molecule has 0 radical (unpaired) electrons. The zero-order chi connectivity index (χ0) is 18.2. The molecule has 2 rings (SSSR count). The number of nitrogens with zero attached hydrogens (tertiary/aromatic N) is 2. The first-order chi connectivity index (χ1) is 12.0. The number of amidine groups is 1. The van der Waals surface area contributed by atoms with Crippen molar-refractivity contribution in [3.63, 3.8) is 0 Å². The normalized spacial score (nSPS) is 11.0. The van der Waals surface area contributed by atoms with Gasteiger partial charge in [0.1, 0.15) is 5.82 Å². The smallest absolute Gasteiger partial charge is 0.281 e. The van der Waals surface area contributed by atoms with Crippen molar-refractivity contribution in [2.24, 2.45) is 10.7 Å². The summed E-state index contributed by atoms with van der Waals surface area (Å²) in [6.07, 6.45) is 4.07. The second kappa shape index (κ2) is 8.53. The zero-order valence-corrected chi connectivity index (χ0v) is 13.6. The molecule has 0 aliphatic rings. The Morgan fingerprint density at radius 2 is 2.12 bits per heavy atom. The molecule has 0 amide bonds. The molecule has 4 N–H and O–H groups in total. The van der Waals surface area contributed by atoms with E-state index in [-0.39, 0.29) is 24.3 Å². The first kappa shape index (κ1) is 18.1. The number of pyridine rings is 1. The van der Waals surface area contributed by atoms with Crippen LogP contribution >= 0.6 is 0 Å². The Balaban J connectivity index is 2.22. The van der Waals surface area contributed by atoms with Crippen LogP contribution < -0.4 is 5.73 Å². The highest BCUT2D eigenvalue weighted by Gasteiger charge is 2.09. The van der Waals surface area contributed by atoms with Gasteiger partial charge in [-0.25, -0.2) is 9.38 Å². The number of halogens is 1. The molecule has 1 heterocycles. The Kier molecular flexibility index (Phi) is 6.16. The molecule has 0 saturated carbocycles. The van der Waals surface area contributed by atoms with Crippen molar-refractivity contribution in [3.8, 4) is 11.1 Å². The van der Waals surface area contributed by atoms with Crippen LogP contribution in [0.5, 0.6) is 0 Å². The maximum absolute atomic E-state index is 14.0. The SMILES string of the molecule is CN=C(N)OCCc1cc(-c2cncc(C(=N)OC=N)c2)ccc1F. The second-order valence-electron chi connectivity index (χ2n) is 4.99. The third kappa shape index (κ3) is 4.84. The van der Waals surface area contributed by atoms with Crippen molar-refractivity contribution in [1.29, 1.82) is 10.8 Å². The van der Waals surface area contributed by atoms with Crippen LogP contribution in [0.4, 0.5) is 4.39 Å². The van der Waals surface area contributed by atoms with Crippen LogP contribution in [0.1, 0.15) is 11.1 Å². The van der Waals surface area contributed by atoms with E-state index >= 15 is 0 Å². The number of benzene rings is 1. The van der Waals surface area contributed by atoms with Gasteiger partial charge in [-0.05, 0) is 29.3 Å². The summed E-state index contributed by atoms with van der Waals surface area (Å²) >= 11 is 0. The van der Waals surface area contributed by atoms with Crippen LogP contribution in [0.2, 0.25) is 0 Å². The topological polar surface area (TPSA) is 117 Å². The summed E-state index contributed by atoms with van der Waals surface area (Å²) in [6, 6.07) is 6.43. The maximum atomic E-state index is 14.0. The Morgan fingerprint density at radius 3 is 2.84 bits per heavy atom. The van der Waals surface area contributed by atoms with Crippen molar-refractivity contribution in [1.82, 2.24) is 4.98 Å². The predicted octanol–water partition coefficient (Wildman–Crippen LogP) is 2.34. The van der Waals surface area contributed by atoms with Gasteiger partial charge in [-0.3, -0.25) is 15.8 Å². The predicted molar refractivity (Wildman–Crippen MR) is 93.5 cm³/mol. The number of hydrogen-bond donors (Lipinski definition) is 3. The molecule has 1 aromatic carbocycles. The fraction of sp³-hybridized carbons (Fsp3) is 0.176. The number of aromatic nitrogens is 1. The van der Waals surface area contributed by atoms with Gasteiger partial charge in [0.05, 0.1) is 12.2 Å². The molecule has 0 unspecified atom stereocenters. The number of ether oxygens (including phenoxy) is 2. The minimum Gasteiger partial charge on any atom is -0.465 e. The van der Waals surface area contributed by atoms with E-state index in [4.69, 9.17) is 26.0 Å². The Bertz CT molecular complexity index is 807. The van der Waals surface area contributed by atoms with Gasteiger partial charge in [-0.1, -0.05) is 6.07 Å². The quantitative estimate of drug-likeness (QED) is 0.551. The van der Waals surface area contributed by atoms with Crippen molar-refractivity contribution in [3.05, 3.63) is 53.6 Å². The minimum atomic E-state index is -0.344. The summed E-state index contributed by atoms with van der Waals surface area (Å²) < 4.78 is 23.9. The molecule has 8 heteroatoms. The number of hydrogen-bond acceptors (Lipinski definition) is 6. The largest absolute Gasteiger partial charge is 0.465 e. The number of rotatable bonds is 6. The van der Waals surface area contributed by atoms with Gasteiger partial charge in [0.15, 0.2) is 6.40 Å². The molecule has 0 aliphatic heterocycles. The average molecular weight is 343 g/mol. The number of nitrogens with two attached hydrogens (primary N) is 1. The van der Waals surface area contributed by atoms with Crippen molar-refractivity contribution in [2.75, 3.05) is 13.7 Å². The molecule has 0 aliphatic carbocycles. The summed E-state index contributed by atoms with van der Waals surface area (Å²) in [5.74, 6) is -0.530. The first-order valence-corrected chi connectivity index (χ1v) is 7.38. The van der Waals surface area contributed by atoms with Crippen molar-refractivity contribution in [2.45, 2.75) is 6.42 Å². The Labute approximate surface area is 144 Å². The highest BCUT2D eigenvalue weighted by Crippen LogP contribution is 2.23. The van der Waals surface area contributed by atoms with Crippen LogP contribution in [-0.4, -0.2) is 37.0 Å². The molecule has 0 bridgehead atoms. The monoisotopic (exact) mass is 343 g/mol. The van der Waals surface area contributed by atoms with E-state index in [1.165, 1.54) is 19.3 Å². The molecule has 0 spiro atoms. The molecule has 0 saturated heterocycles. The maximum Gasteiger partial charge on any atom is 0.281 e. The van der Waals surface area contributed by atoms with E-state index in [2.05, 4.69) is 9.98 Å². The van der Waals surface area contributed by atoms with Gasteiger partial charge in [-0.2, -0.15) is 0 Å². The standard InChI is InChI=1S/C17H18FN5O2/c1-22-17(21)24-5-4-12-6-11(2-3-15(12)18)13-7-14(9-23-8-13)16(20)25-10-19/h2-3,6-10,19-20H,4-5H2,1H3,(H2,21,22). The van der Waals surface area contributed by atoms with E-state index in [1.54, 1.807) is 24.4 Å². The zero-order valence-electron chi connectivity index (χ0n) is 13.6. The van der Waals surface area contributed by atoms with Gasteiger partial charge in [0.25, 0.3) is 6.02 Å². The minimum absolute atomic E-state index is 0.0539.